The number of carbonyl (C=O) groups is 1. The molecule has 88 valence electrons. The summed E-state index contributed by atoms with van der Waals surface area (Å²) in [6.45, 7) is 7.16. The van der Waals surface area contributed by atoms with Gasteiger partial charge in [-0.3, -0.25) is 4.79 Å². The summed E-state index contributed by atoms with van der Waals surface area (Å²) in [4.78, 5) is 14.0. The molecule has 16 heavy (non-hydrogen) atoms. The van der Waals surface area contributed by atoms with Gasteiger partial charge in [-0.05, 0) is 40.1 Å². The van der Waals surface area contributed by atoms with Crippen LogP contribution in [0, 0.1) is 8.99 Å². The summed E-state index contributed by atoms with van der Waals surface area (Å²) in [6, 6.07) is 7.69. The van der Waals surface area contributed by atoms with Crippen molar-refractivity contribution >= 4 is 28.5 Å². The molecule has 0 spiro atoms. The van der Waals surface area contributed by atoms with Crippen LogP contribution >= 0.6 is 22.6 Å². The highest BCUT2D eigenvalue weighted by molar-refractivity contribution is 14.1. The van der Waals surface area contributed by atoms with Gasteiger partial charge in [-0.15, -0.1) is 0 Å². The monoisotopic (exact) mass is 331 g/mol. The van der Waals surface area contributed by atoms with Crippen LogP contribution in [0.3, 0.4) is 0 Å². The fourth-order valence-electron chi connectivity index (χ4n) is 1.62. The van der Waals surface area contributed by atoms with Gasteiger partial charge >= 0.3 is 0 Å². The summed E-state index contributed by atoms with van der Waals surface area (Å²) in [5.41, 5.74) is 0.916. The van der Waals surface area contributed by atoms with Gasteiger partial charge in [0.1, 0.15) is 0 Å². The van der Waals surface area contributed by atoms with Crippen molar-refractivity contribution < 1.29 is 4.79 Å². The van der Waals surface area contributed by atoms with Crippen LogP contribution in [-0.4, -0.2) is 24.4 Å². The molecule has 0 heterocycles. The van der Waals surface area contributed by atoms with Gasteiger partial charge in [0.2, 0.25) is 0 Å². The van der Waals surface area contributed by atoms with E-state index in [1.165, 1.54) is 0 Å². The summed E-state index contributed by atoms with van der Waals surface area (Å²) in [6.07, 6.45) is 0. The molecule has 0 atom stereocenters. The minimum Gasteiger partial charge on any atom is -0.341 e. The van der Waals surface area contributed by atoms with Gasteiger partial charge in [-0.25, -0.2) is 0 Å². The molecule has 0 aliphatic rings. The Kier molecular flexibility index (Phi) is 4.35. The van der Waals surface area contributed by atoms with Gasteiger partial charge in [-0.2, -0.15) is 0 Å². The summed E-state index contributed by atoms with van der Waals surface area (Å²) in [5, 5.41) is 0. The first-order valence-electron chi connectivity index (χ1n) is 5.31. The smallest absolute Gasteiger partial charge is 0.254 e. The third kappa shape index (κ3) is 3.77. The lowest BCUT2D eigenvalue weighted by molar-refractivity contribution is 0.0744. The molecule has 0 bridgehead atoms. The first-order valence-corrected chi connectivity index (χ1v) is 6.39. The number of hydrogen-bond donors (Lipinski definition) is 0. The number of benzene rings is 1. The van der Waals surface area contributed by atoms with E-state index in [0.29, 0.717) is 0 Å². The topological polar surface area (TPSA) is 20.3 Å². The van der Waals surface area contributed by atoms with Gasteiger partial charge in [0, 0.05) is 17.2 Å². The first-order chi connectivity index (χ1) is 7.31. The minimum absolute atomic E-state index is 0.0972. The summed E-state index contributed by atoms with van der Waals surface area (Å²) in [5.74, 6) is 0.0972. The van der Waals surface area contributed by atoms with E-state index in [1.807, 2.05) is 31.3 Å². The van der Waals surface area contributed by atoms with E-state index in [4.69, 9.17) is 0 Å². The normalized spacial score (nSPS) is 11.3. The van der Waals surface area contributed by atoms with Gasteiger partial charge in [0.25, 0.3) is 5.91 Å². The predicted molar refractivity (Wildman–Crippen MR) is 75.6 cm³/mol. The molecule has 1 aromatic carbocycles. The molecule has 0 saturated heterocycles. The maximum atomic E-state index is 12.2. The van der Waals surface area contributed by atoms with Crippen LogP contribution in [0.4, 0.5) is 0 Å². The van der Waals surface area contributed by atoms with E-state index >= 15 is 0 Å². The maximum absolute atomic E-state index is 12.2. The van der Waals surface area contributed by atoms with Crippen LogP contribution in [0.5, 0.6) is 0 Å². The lowest BCUT2D eigenvalue weighted by Crippen LogP contribution is -2.34. The minimum atomic E-state index is 0.0972. The Morgan fingerprint density at radius 1 is 1.31 bits per heavy atom. The van der Waals surface area contributed by atoms with E-state index in [-0.39, 0.29) is 11.3 Å². The van der Waals surface area contributed by atoms with Crippen molar-refractivity contribution in [1.82, 2.24) is 4.90 Å². The molecule has 1 rings (SSSR count). The zero-order valence-corrected chi connectivity index (χ0v) is 12.4. The van der Waals surface area contributed by atoms with Crippen molar-refractivity contribution in [1.29, 1.82) is 0 Å². The van der Waals surface area contributed by atoms with Crippen molar-refractivity contribution in [2.24, 2.45) is 5.41 Å². The van der Waals surface area contributed by atoms with Crippen molar-refractivity contribution in [3.63, 3.8) is 0 Å². The Morgan fingerprint density at radius 2 is 1.88 bits per heavy atom. The molecule has 1 aromatic rings. The van der Waals surface area contributed by atoms with Crippen LogP contribution in [0.15, 0.2) is 24.3 Å². The largest absolute Gasteiger partial charge is 0.341 e. The van der Waals surface area contributed by atoms with Crippen molar-refractivity contribution in [2.45, 2.75) is 20.8 Å². The van der Waals surface area contributed by atoms with Gasteiger partial charge < -0.3 is 4.90 Å². The van der Waals surface area contributed by atoms with Crippen LogP contribution in [0.1, 0.15) is 31.1 Å². The summed E-state index contributed by atoms with van der Waals surface area (Å²) >= 11 is 2.20. The second-order valence-electron chi connectivity index (χ2n) is 5.20. The van der Waals surface area contributed by atoms with Gasteiger partial charge in [0.05, 0.1) is 5.56 Å². The molecular formula is C13H18INO. The van der Waals surface area contributed by atoms with Crippen molar-refractivity contribution in [2.75, 3.05) is 13.6 Å². The maximum Gasteiger partial charge on any atom is 0.254 e. The number of halogens is 1. The molecule has 0 aromatic heterocycles. The molecule has 3 heteroatoms. The van der Waals surface area contributed by atoms with Crippen LogP contribution in [0.25, 0.3) is 0 Å². The third-order valence-electron chi connectivity index (χ3n) is 2.16. The SMILES string of the molecule is CN(CC(C)(C)C)C(=O)c1ccccc1I. The lowest BCUT2D eigenvalue weighted by Gasteiger charge is -2.26. The second-order valence-corrected chi connectivity index (χ2v) is 6.36. The molecule has 0 fully saturated rings. The number of carbonyl (C=O) groups excluding carboxylic acids is 1. The lowest BCUT2D eigenvalue weighted by atomic mass is 9.96. The van der Waals surface area contributed by atoms with Gasteiger partial charge in [-0.1, -0.05) is 32.9 Å². The molecule has 0 saturated carbocycles. The Hall–Kier alpha value is -0.580. The van der Waals surface area contributed by atoms with Gasteiger partial charge in [0.15, 0.2) is 0 Å². The molecular weight excluding hydrogens is 313 g/mol. The number of rotatable bonds is 2. The van der Waals surface area contributed by atoms with Crippen LogP contribution < -0.4 is 0 Å². The molecule has 2 nitrogen and oxygen atoms in total. The van der Waals surface area contributed by atoms with Crippen LogP contribution in [-0.2, 0) is 0 Å². The van der Waals surface area contributed by atoms with E-state index in [9.17, 15) is 4.79 Å². The van der Waals surface area contributed by atoms with E-state index in [0.717, 1.165) is 15.7 Å². The van der Waals surface area contributed by atoms with Crippen LogP contribution in [0.2, 0.25) is 0 Å². The second kappa shape index (κ2) is 5.17. The number of hydrogen-bond acceptors (Lipinski definition) is 1. The summed E-state index contributed by atoms with van der Waals surface area (Å²) < 4.78 is 1.01. The predicted octanol–water partition coefficient (Wildman–Crippen LogP) is 3.41. The molecule has 1 amide bonds. The number of nitrogens with zero attached hydrogens (tertiary/aromatic N) is 1. The van der Waals surface area contributed by atoms with Crippen molar-refractivity contribution in [3.05, 3.63) is 33.4 Å². The number of amides is 1. The highest BCUT2D eigenvalue weighted by atomic mass is 127. The Balaban J connectivity index is 2.83. The average molecular weight is 331 g/mol. The Morgan fingerprint density at radius 3 is 2.38 bits per heavy atom. The van der Waals surface area contributed by atoms with E-state index in [1.54, 1.807) is 4.90 Å². The zero-order chi connectivity index (χ0) is 12.3. The highest BCUT2D eigenvalue weighted by Gasteiger charge is 2.19. The molecule has 0 aliphatic heterocycles. The Bertz CT molecular complexity index is 382. The molecule has 0 unspecified atom stereocenters. The molecule has 0 N–H and O–H groups in total. The quantitative estimate of drug-likeness (QED) is 0.761. The molecule has 0 radical (unpaired) electrons. The fourth-order valence-corrected chi connectivity index (χ4v) is 2.24. The van der Waals surface area contributed by atoms with E-state index in [2.05, 4.69) is 43.4 Å². The molecule has 0 aliphatic carbocycles. The van der Waals surface area contributed by atoms with Crippen molar-refractivity contribution in [3.8, 4) is 0 Å². The third-order valence-corrected chi connectivity index (χ3v) is 3.10. The Labute approximate surface area is 111 Å². The standard InChI is InChI=1S/C13H18INO/c1-13(2,3)9-15(4)12(16)10-7-5-6-8-11(10)14/h5-8H,9H2,1-4H3. The van der Waals surface area contributed by atoms with E-state index < -0.39 is 0 Å². The highest BCUT2D eigenvalue weighted by Crippen LogP contribution is 2.18. The zero-order valence-electron chi connectivity index (χ0n) is 10.2. The fraction of sp³-hybridized carbons (Fsp3) is 0.462. The average Bonchev–Trinajstić information content (AvgIpc) is 2.15. The summed E-state index contributed by atoms with van der Waals surface area (Å²) in [7, 11) is 1.86. The first kappa shape index (κ1) is 13.5.